The Labute approximate surface area is 86.4 Å². The fourth-order valence-corrected chi connectivity index (χ4v) is 2.66. The van der Waals surface area contributed by atoms with Crippen molar-refractivity contribution in [1.82, 2.24) is 0 Å². The van der Waals surface area contributed by atoms with Gasteiger partial charge in [0.15, 0.2) is 0 Å². The zero-order valence-corrected chi connectivity index (χ0v) is 10.5. The minimum atomic E-state index is 0. The van der Waals surface area contributed by atoms with E-state index in [1.807, 2.05) is 0 Å². The molecule has 4 radical (unpaired) electrons. The van der Waals surface area contributed by atoms with E-state index in [1.54, 1.807) is 5.57 Å². The van der Waals surface area contributed by atoms with Crippen LogP contribution in [0.3, 0.4) is 0 Å². The summed E-state index contributed by atoms with van der Waals surface area (Å²) in [4.78, 5) is 0. The topological polar surface area (TPSA) is 0 Å². The molecule has 1 saturated carbocycles. The van der Waals surface area contributed by atoms with Crippen LogP contribution in [0.25, 0.3) is 0 Å². The second-order valence-corrected chi connectivity index (χ2v) is 4.49. The van der Waals surface area contributed by atoms with Gasteiger partial charge < -0.3 is 0 Å². The van der Waals surface area contributed by atoms with Gasteiger partial charge in [0.2, 0.25) is 0 Å². The van der Waals surface area contributed by atoms with Crippen LogP contribution >= 0.6 is 0 Å². The van der Waals surface area contributed by atoms with Crippen molar-refractivity contribution < 1.29 is 0 Å². The molecule has 0 N–H and O–H groups in total. The molecule has 1 heteroatoms. The maximum Gasteiger partial charge on any atom is 0 e. The summed E-state index contributed by atoms with van der Waals surface area (Å²) in [5.41, 5.74) is 2.28. The molecule has 60 valence electrons. The summed E-state index contributed by atoms with van der Waals surface area (Å²) in [6.07, 6.45) is 5.24. The van der Waals surface area contributed by atoms with Crippen LogP contribution in [0, 0.1) is 17.3 Å². The Hall–Kier alpha value is 0.539. The van der Waals surface area contributed by atoms with Crippen molar-refractivity contribution >= 4 is 23.9 Å². The average Bonchev–Trinajstić information content (AvgIpc) is 1.87. The quantitative estimate of drug-likeness (QED) is 0.461. The van der Waals surface area contributed by atoms with Crippen molar-refractivity contribution in [1.29, 1.82) is 0 Å². The minimum absolute atomic E-state index is 0. The van der Waals surface area contributed by atoms with Gasteiger partial charge in [0.05, 0.1) is 0 Å². The van der Waals surface area contributed by atoms with E-state index in [-0.39, 0.29) is 23.9 Å². The van der Waals surface area contributed by atoms with E-state index < -0.39 is 0 Å². The maximum atomic E-state index is 2.43. The first kappa shape index (κ1) is 9.63. The molecule has 0 saturated heterocycles. The SMILES string of the molecule is CC1=CCC2CC1C2(C)C.[Sn]. The normalized spacial score (nSPS) is 38.3. The zero-order valence-electron chi connectivity index (χ0n) is 7.65. The molecule has 1 fully saturated rings. The van der Waals surface area contributed by atoms with Crippen molar-refractivity contribution in [3.63, 3.8) is 0 Å². The van der Waals surface area contributed by atoms with Gasteiger partial charge in [-0.1, -0.05) is 25.5 Å². The largest absolute Gasteiger partial charge is 0.0850 e. The molecule has 2 bridgehead atoms. The molecule has 11 heavy (non-hydrogen) atoms. The van der Waals surface area contributed by atoms with Gasteiger partial charge in [0.25, 0.3) is 0 Å². The first-order chi connectivity index (χ1) is 4.62. The third-order valence-electron chi connectivity index (χ3n) is 3.74. The molecule has 2 atom stereocenters. The van der Waals surface area contributed by atoms with Crippen LogP contribution in [0.4, 0.5) is 0 Å². The second kappa shape index (κ2) is 2.79. The smallest absolute Gasteiger partial charge is 0 e. The van der Waals surface area contributed by atoms with E-state index in [2.05, 4.69) is 26.8 Å². The van der Waals surface area contributed by atoms with Gasteiger partial charge in [0.1, 0.15) is 0 Å². The fraction of sp³-hybridized carbons (Fsp3) is 0.800. The van der Waals surface area contributed by atoms with Crippen molar-refractivity contribution in [2.24, 2.45) is 17.3 Å². The molecule has 2 unspecified atom stereocenters. The molecule has 3 rings (SSSR count). The van der Waals surface area contributed by atoms with Gasteiger partial charge in [-0.05, 0) is 37.0 Å². The van der Waals surface area contributed by atoms with Crippen molar-refractivity contribution in [3.05, 3.63) is 11.6 Å². The average molecular weight is 255 g/mol. The van der Waals surface area contributed by atoms with E-state index in [4.69, 9.17) is 0 Å². The van der Waals surface area contributed by atoms with Gasteiger partial charge in [-0.25, -0.2) is 0 Å². The third kappa shape index (κ3) is 1.18. The molecule has 0 aromatic rings. The van der Waals surface area contributed by atoms with Crippen LogP contribution in [0.2, 0.25) is 0 Å². The van der Waals surface area contributed by atoms with E-state index in [1.165, 1.54) is 12.8 Å². The third-order valence-corrected chi connectivity index (χ3v) is 3.74. The summed E-state index contributed by atoms with van der Waals surface area (Å²) in [5, 5.41) is 0. The van der Waals surface area contributed by atoms with Gasteiger partial charge in [0, 0.05) is 23.9 Å². The van der Waals surface area contributed by atoms with Gasteiger partial charge in [-0.2, -0.15) is 0 Å². The Kier molecular flexibility index (Phi) is 2.44. The molecule has 0 heterocycles. The number of allylic oxidation sites excluding steroid dienone is 2. The first-order valence-corrected chi connectivity index (χ1v) is 4.29. The minimum Gasteiger partial charge on any atom is -0.0850 e. The summed E-state index contributed by atoms with van der Waals surface area (Å²) in [5.74, 6) is 1.92. The summed E-state index contributed by atoms with van der Waals surface area (Å²) < 4.78 is 0. The van der Waals surface area contributed by atoms with Crippen LogP contribution in [0.1, 0.15) is 33.6 Å². The molecule has 0 nitrogen and oxygen atoms in total. The predicted octanol–water partition coefficient (Wildman–Crippen LogP) is 2.62. The Morgan fingerprint density at radius 2 is 2.09 bits per heavy atom. The maximum absolute atomic E-state index is 2.43. The van der Waals surface area contributed by atoms with Crippen LogP contribution in [0.15, 0.2) is 11.6 Å². The van der Waals surface area contributed by atoms with Crippen LogP contribution in [-0.4, -0.2) is 23.9 Å². The van der Waals surface area contributed by atoms with E-state index in [0.29, 0.717) is 5.41 Å². The van der Waals surface area contributed by atoms with Gasteiger partial charge >= 0.3 is 0 Å². The Morgan fingerprint density at radius 3 is 2.36 bits per heavy atom. The standard InChI is InChI=1S/C10H16.Sn/c1-7-4-5-8-6-9(7)10(8,2)3;/h4,8-9H,5-6H2,1-3H3;. The summed E-state index contributed by atoms with van der Waals surface area (Å²) in [6.45, 7) is 7.13. The van der Waals surface area contributed by atoms with Crippen LogP contribution < -0.4 is 0 Å². The monoisotopic (exact) mass is 256 g/mol. The molecule has 0 aromatic carbocycles. The molecular formula is C10H16Sn. The predicted molar refractivity (Wildman–Crippen MR) is 49.5 cm³/mol. The zero-order chi connectivity index (χ0) is 7.35. The second-order valence-electron chi connectivity index (χ2n) is 4.49. The summed E-state index contributed by atoms with van der Waals surface area (Å²) in [7, 11) is 0. The molecule has 0 spiro atoms. The van der Waals surface area contributed by atoms with Crippen LogP contribution in [-0.2, 0) is 0 Å². The number of hydrogen-bond acceptors (Lipinski definition) is 0. The fourth-order valence-electron chi connectivity index (χ4n) is 2.66. The Bertz CT molecular complexity index is 191. The van der Waals surface area contributed by atoms with Crippen molar-refractivity contribution in [2.45, 2.75) is 33.6 Å². The molecule has 0 aromatic heterocycles. The molecule has 3 aliphatic rings. The molecular weight excluding hydrogens is 239 g/mol. The number of hydrogen-bond donors (Lipinski definition) is 0. The van der Waals surface area contributed by atoms with E-state index in [0.717, 1.165) is 11.8 Å². The van der Waals surface area contributed by atoms with Crippen molar-refractivity contribution in [3.8, 4) is 0 Å². The summed E-state index contributed by atoms with van der Waals surface area (Å²) >= 11 is 0. The van der Waals surface area contributed by atoms with Crippen molar-refractivity contribution in [2.75, 3.05) is 0 Å². The molecule has 0 aliphatic heterocycles. The van der Waals surface area contributed by atoms with E-state index in [9.17, 15) is 0 Å². The molecule has 0 amide bonds. The summed E-state index contributed by atoms with van der Waals surface area (Å²) in [6, 6.07) is 0. The Balaban J connectivity index is 0.000000605. The number of fused-ring (bicyclic) bond motifs is 1. The van der Waals surface area contributed by atoms with Crippen LogP contribution in [0.5, 0.6) is 0 Å². The Morgan fingerprint density at radius 1 is 1.45 bits per heavy atom. The van der Waals surface area contributed by atoms with Gasteiger partial charge in [-0.3, -0.25) is 0 Å². The van der Waals surface area contributed by atoms with E-state index >= 15 is 0 Å². The number of rotatable bonds is 0. The molecule has 3 aliphatic carbocycles. The first-order valence-electron chi connectivity index (χ1n) is 4.29. The van der Waals surface area contributed by atoms with Gasteiger partial charge in [-0.15, -0.1) is 0 Å².